The SMILES string of the molecule is CCC.Cc1cc(C)c(-n2ccnc2-c2ccccc2C(C)C)c(C)c1. The van der Waals surface area contributed by atoms with Gasteiger partial charge in [-0.15, -0.1) is 0 Å². The van der Waals surface area contributed by atoms with E-state index >= 15 is 0 Å². The Balaban J connectivity index is 0.000000758. The fraction of sp³-hybridized carbons (Fsp3) is 0.375. The van der Waals surface area contributed by atoms with Gasteiger partial charge >= 0.3 is 0 Å². The second-order valence-electron chi connectivity index (χ2n) is 7.32. The lowest BCUT2D eigenvalue weighted by molar-refractivity contribution is 0.864. The van der Waals surface area contributed by atoms with Crippen LogP contribution in [0.1, 0.15) is 62.3 Å². The molecule has 0 atom stereocenters. The molecule has 0 aliphatic heterocycles. The molecule has 0 radical (unpaired) electrons. The first kappa shape index (κ1) is 20.0. The van der Waals surface area contributed by atoms with Gasteiger partial charge in [-0.2, -0.15) is 0 Å². The van der Waals surface area contributed by atoms with E-state index in [9.17, 15) is 0 Å². The quantitative estimate of drug-likeness (QED) is 0.498. The number of hydrogen-bond donors (Lipinski definition) is 0. The molecule has 0 amide bonds. The van der Waals surface area contributed by atoms with E-state index in [0.717, 1.165) is 5.82 Å². The lowest BCUT2D eigenvalue weighted by Crippen LogP contribution is -2.04. The maximum atomic E-state index is 4.67. The number of benzene rings is 2. The predicted molar refractivity (Wildman–Crippen MR) is 113 cm³/mol. The summed E-state index contributed by atoms with van der Waals surface area (Å²) < 4.78 is 2.23. The molecule has 0 saturated heterocycles. The number of imidazole rings is 1. The molecule has 0 bridgehead atoms. The molecule has 1 heterocycles. The standard InChI is InChI=1S/C21H24N2.C3H8/c1-14(2)18-8-6-7-9-19(18)21-22-10-11-23(21)20-16(4)12-15(3)13-17(20)5;1-3-2/h6-14H,1-5H3;3H2,1-2H3. The third-order valence-corrected chi connectivity index (χ3v) is 4.34. The topological polar surface area (TPSA) is 17.8 Å². The van der Waals surface area contributed by atoms with Crippen molar-refractivity contribution in [2.75, 3.05) is 0 Å². The third kappa shape index (κ3) is 4.24. The highest BCUT2D eigenvalue weighted by Crippen LogP contribution is 2.31. The Bertz CT molecular complexity index is 833. The molecule has 0 aliphatic rings. The van der Waals surface area contributed by atoms with Crippen LogP contribution in [0.5, 0.6) is 0 Å². The van der Waals surface area contributed by atoms with Gasteiger partial charge in [-0.05, 0) is 43.4 Å². The summed E-state index contributed by atoms with van der Waals surface area (Å²) >= 11 is 0. The molecule has 1 aromatic heterocycles. The minimum absolute atomic E-state index is 0.469. The Kier molecular flexibility index (Phi) is 6.79. The summed E-state index contributed by atoms with van der Waals surface area (Å²) in [4.78, 5) is 4.67. The molecule has 0 aliphatic carbocycles. The Morgan fingerprint density at radius 3 is 2.12 bits per heavy atom. The zero-order chi connectivity index (χ0) is 19.3. The average Bonchev–Trinajstić information content (AvgIpc) is 3.03. The van der Waals surface area contributed by atoms with Crippen LogP contribution >= 0.6 is 0 Å². The molecular formula is C24H32N2. The van der Waals surface area contributed by atoms with Gasteiger partial charge in [0.25, 0.3) is 0 Å². The van der Waals surface area contributed by atoms with E-state index in [-0.39, 0.29) is 0 Å². The van der Waals surface area contributed by atoms with Crippen LogP contribution in [-0.4, -0.2) is 9.55 Å². The highest BCUT2D eigenvalue weighted by molar-refractivity contribution is 5.65. The van der Waals surface area contributed by atoms with Crippen molar-refractivity contribution in [3.8, 4) is 17.1 Å². The van der Waals surface area contributed by atoms with Gasteiger partial charge in [-0.25, -0.2) is 4.98 Å². The van der Waals surface area contributed by atoms with E-state index in [4.69, 9.17) is 0 Å². The van der Waals surface area contributed by atoms with E-state index in [1.807, 2.05) is 6.20 Å². The summed E-state index contributed by atoms with van der Waals surface area (Å²) in [6, 6.07) is 13.0. The first-order chi connectivity index (χ1) is 12.4. The fourth-order valence-electron chi connectivity index (χ4n) is 3.44. The molecule has 0 spiro atoms. The van der Waals surface area contributed by atoms with Gasteiger partial charge in [-0.1, -0.05) is 76.1 Å². The zero-order valence-electron chi connectivity index (χ0n) is 17.3. The third-order valence-electron chi connectivity index (χ3n) is 4.34. The lowest BCUT2D eigenvalue weighted by Gasteiger charge is -2.17. The molecule has 0 unspecified atom stereocenters. The number of aryl methyl sites for hydroxylation is 3. The van der Waals surface area contributed by atoms with Crippen molar-refractivity contribution in [1.29, 1.82) is 0 Å². The molecule has 3 aromatic rings. The molecule has 2 aromatic carbocycles. The van der Waals surface area contributed by atoms with Crippen LogP contribution in [0.4, 0.5) is 0 Å². The van der Waals surface area contributed by atoms with Gasteiger partial charge in [0.2, 0.25) is 0 Å². The van der Waals surface area contributed by atoms with Crippen molar-refractivity contribution in [2.24, 2.45) is 0 Å². The van der Waals surface area contributed by atoms with Gasteiger partial charge in [0, 0.05) is 18.0 Å². The minimum Gasteiger partial charge on any atom is -0.299 e. The second kappa shape index (κ2) is 8.84. The van der Waals surface area contributed by atoms with E-state index in [0.29, 0.717) is 5.92 Å². The van der Waals surface area contributed by atoms with Gasteiger partial charge in [0.15, 0.2) is 0 Å². The van der Waals surface area contributed by atoms with Gasteiger partial charge in [-0.3, -0.25) is 4.57 Å². The number of nitrogens with zero attached hydrogens (tertiary/aromatic N) is 2. The van der Waals surface area contributed by atoms with E-state index in [1.54, 1.807) is 0 Å². The second-order valence-corrected chi connectivity index (χ2v) is 7.32. The first-order valence-corrected chi connectivity index (χ1v) is 9.61. The molecule has 0 saturated carbocycles. The lowest BCUT2D eigenvalue weighted by atomic mass is 9.96. The van der Waals surface area contributed by atoms with E-state index < -0.39 is 0 Å². The fourth-order valence-corrected chi connectivity index (χ4v) is 3.44. The minimum atomic E-state index is 0.469. The predicted octanol–water partition coefficient (Wildman–Crippen LogP) is 7.00. The Labute approximate surface area is 158 Å². The highest BCUT2D eigenvalue weighted by atomic mass is 15.1. The van der Waals surface area contributed by atoms with Crippen molar-refractivity contribution in [1.82, 2.24) is 9.55 Å². The summed E-state index contributed by atoms with van der Waals surface area (Å²) in [5.74, 6) is 1.49. The number of aromatic nitrogens is 2. The summed E-state index contributed by atoms with van der Waals surface area (Å²) in [7, 11) is 0. The Hall–Kier alpha value is -2.35. The molecule has 2 heteroatoms. The summed E-state index contributed by atoms with van der Waals surface area (Å²) in [5, 5.41) is 0. The average molecular weight is 349 g/mol. The van der Waals surface area contributed by atoms with Crippen molar-refractivity contribution >= 4 is 0 Å². The number of hydrogen-bond acceptors (Lipinski definition) is 1. The first-order valence-electron chi connectivity index (χ1n) is 9.61. The Morgan fingerprint density at radius 1 is 0.962 bits per heavy atom. The van der Waals surface area contributed by atoms with Crippen LogP contribution in [0.25, 0.3) is 17.1 Å². The molecular weight excluding hydrogens is 316 g/mol. The zero-order valence-corrected chi connectivity index (χ0v) is 17.3. The monoisotopic (exact) mass is 348 g/mol. The molecule has 0 N–H and O–H groups in total. The summed E-state index contributed by atoms with van der Waals surface area (Å²) in [6.45, 7) is 15.2. The van der Waals surface area contributed by atoms with Crippen LogP contribution in [0.2, 0.25) is 0 Å². The van der Waals surface area contributed by atoms with Crippen LogP contribution in [0, 0.1) is 20.8 Å². The molecule has 0 fully saturated rings. The molecule has 2 nitrogen and oxygen atoms in total. The van der Waals surface area contributed by atoms with Crippen LogP contribution in [0.15, 0.2) is 48.8 Å². The number of rotatable bonds is 3. The van der Waals surface area contributed by atoms with Gasteiger partial charge in [0.1, 0.15) is 5.82 Å². The maximum absolute atomic E-state index is 4.67. The summed E-state index contributed by atoms with van der Waals surface area (Å²) in [5.41, 5.74) is 7.65. The van der Waals surface area contributed by atoms with E-state index in [2.05, 4.69) is 101 Å². The molecule has 26 heavy (non-hydrogen) atoms. The van der Waals surface area contributed by atoms with Gasteiger partial charge < -0.3 is 0 Å². The van der Waals surface area contributed by atoms with Crippen LogP contribution in [0.3, 0.4) is 0 Å². The highest BCUT2D eigenvalue weighted by Gasteiger charge is 2.16. The molecule has 138 valence electrons. The van der Waals surface area contributed by atoms with Crippen molar-refractivity contribution in [2.45, 2.75) is 60.8 Å². The van der Waals surface area contributed by atoms with Crippen molar-refractivity contribution in [3.05, 3.63) is 71.0 Å². The van der Waals surface area contributed by atoms with E-state index in [1.165, 1.54) is 39.9 Å². The largest absolute Gasteiger partial charge is 0.299 e. The Morgan fingerprint density at radius 2 is 1.54 bits per heavy atom. The van der Waals surface area contributed by atoms with Crippen LogP contribution in [-0.2, 0) is 0 Å². The van der Waals surface area contributed by atoms with Gasteiger partial charge in [0.05, 0.1) is 5.69 Å². The van der Waals surface area contributed by atoms with Crippen molar-refractivity contribution in [3.63, 3.8) is 0 Å². The van der Waals surface area contributed by atoms with Crippen molar-refractivity contribution < 1.29 is 0 Å². The molecule has 3 rings (SSSR count). The normalized spacial score (nSPS) is 10.6. The maximum Gasteiger partial charge on any atom is 0.144 e. The smallest absolute Gasteiger partial charge is 0.144 e. The summed E-state index contributed by atoms with van der Waals surface area (Å²) in [6.07, 6.45) is 5.21. The van der Waals surface area contributed by atoms with Crippen LogP contribution < -0.4 is 0 Å².